The molecule has 1 N–H and O–H groups in total. The molecule has 4 heteroatoms. The van der Waals surface area contributed by atoms with E-state index in [1.54, 1.807) is 14.2 Å². The van der Waals surface area contributed by atoms with Gasteiger partial charge in [0, 0.05) is 10.6 Å². The van der Waals surface area contributed by atoms with Gasteiger partial charge < -0.3 is 10.1 Å². The van der Waals surface area contributed by atoms with Gasteiger partial charge in [-0.25, -0.2) is 0 Å². The van der Waals surface area contributed by atoms with E-state index in [9.17, 15) is 0 Å². The van der Waals surface area contributed by atoms with E-state index in [2.05, 4.69) is 5.32 Å². The first kappa shape index (κ1) is 12.6. The van der Waals surface area contributed by atoms with E-state index < -0.39 is 0 Å². The summed E-state index contributed by atoms with van der Waals surface area (Å²) >= 11 is 12.3. The van der Waals surface area contributed by atoms with Gasteiger partial charge in [0.2, 0.25) is 0 Å². The lowest BCUT2D eigenvalue weighted by Crippen LogP contribution is -2.13. The van der Waals surface area contributed by atoms with Gasteiger partial charge in [0.25, 0.3) is 0 Å². The van der Waals surface area contributed by atoms with Gasteiger partial charge in [-0.05, 0) is 38.1 Å². The summed E-state index contributed by atoms with van der Waals surface area (Å²) in [6.07, 6.45) is 0. The molecule has 1 aromatic rings. The van der Waals surface area contributed by atoms with Crippen molar-refractivity contribution in [3.05, 3.63) is 27.8 Å². The first-order valence-electron chi connectivity index (χ1n) is 4.67. The van der Waals surface area contributed by atoms with E-state index in [1.165, 1.54) is 0 Å². The quantitative estimate of drug-likeness (QED) is 0.653. The first-order valence-corrected chi connectivity index (χ1v) is 5.49. The fourth-order valence-electron chi connectivity index (χ4n) is 1.56. The van der Waals surface area contributed by atoms with Crippen LogP contribution in [-0.4, -0.2) is 14.2 Å². The topological polar surface area (TPSA) is 21.3 Å². The zero-order valence-corrected chi connectivity index (χ0v) is 10.8. The van der Waals surface area contributed by atoms with E-state index in [1.807, 2.05) is 19.9 Å². The predicted octanol–water partition coefficient (Wildman–Crippen LogP) is 3.42. The van der Waals surface area contributed by atoms with Crippen molar-refractivity contribution in [1.29, 1.82) is 0 Å². The van der Waals surface area contributed by atoms with Crippen LogP contribution >= 0.6 is 23.2 Å². The maximum atomic E-state index is 6.17. The summed E-state index contributed by atoms with van der Waals surface area (Å²) in [5.41, 5.74) is 2.56. The van der Waals surface area contributed by atoms with Crippen LogP contribution in [0.4, 0.5) is 0 Å². The molecule has 0 bridgehead atoms. The van der Waals surface area contributed by atoms with Crippen LogP contribution in [0.1, 0.15) is 22.2 Å². The van der Waals surface area contributed by atoms with E-state index in [0.717, 1.165) is 27.5 Å². The smallest absolute Gasteiger partial charge is 0.125 e. The molecule has 0 aromatic heterocycles. The van der Waals surface area contributed by atoms with Gasteiger partial charge in [-0.15, -0.1) is 11.6 Å². The second-order valence-corrected chi connectivity index (χ2v) is 4.21. The number of alkyl halides is 1. The van der Waals surface area contributed by atoms with Crippen molar-refractivity contribution in [3.8, 4) is 5.75 Å². The van der Waals surface area contributed by atoms with Gasteiger partial charge >= 0.3 is 0 Å². The Labute approximate surface area is 101 Å². The Balaban J connectivity index is 3.40. The monoisotopic (exact) mass is 247 g/mol. The number of nitrogens with one attached hydrogen (secondary N) is 1. The van der Waals surface area contributed by atoms with Gasteiger partial charge in [-0.1, -0.05) is 11.6 Å². The summed E-state index contributed by atoms with van der Waals surface area (Å²) in [6.45, 7) is 3.89. The molecule has 15 heavy (non-hydrogen) atoms. The number of halogens is 2. The molecule has 0 fully saturated rings. The molecule has 0 aliphatic rings. The maximum Gasteiger partial charge on any atom is 0.125 e. The summed E-state index contributed by atoms with van der Waals surface area (Å²) in [5, 5.41) is 3.71. The molecule has 84 valence electrons. The second kappa shape index (κ2) is 5.06. The number of hydrogen-bond donors (Lipinski definition) is 1. The molecule has 1 atom stereocenters. The Morgan fingerprint density at radius 2 is 2.00 bits per heavy atom. The molecule has 0 saturated carbocycles. The van der Waals surface area contributed by atoms with Crippen molar-refractivity contribution in [1.82, 2.24) is 5.32 Å². The minimum Gasteiger partial charge on any atom is -0.496 e. The third kappa shape index (κ3) is 2.39. The number of methoxy groups -OCH3 is 1. The SMILES string of the molecule is CNC(Cl)c1c(OC)cc(C)c(Cl)c1C. The van der Waals surface area contributed by atoms with Crippen LogP contribution in [0.15, 0.2) is 6.07 Å². The van der Waals surface area contributed by atoms with E-state index >= 15 is 0 Å². The molecule has 2 nitrogen and oxygen atoms in total. The van der Waals surface area contributed by atoms with Crippen LogP contribution in [0.25, 0.3) is 0 Å². The maximum absolute atomic E-state index is 6.17. The molecule has 1 unspecified atom stereocenters. The number of rotatable bonds is 3. The van der Waals surface area contributed by atoms with Gasteiger partial charge in [0.15, 0.2) is 0 Å². The van der Waals surface area contributed by atoms with Crippen molar-refractivity contribution in [2.24, 2.45) is 0 Å². The molecule has 1 rings (SSSR count). The molecular formula is C11H15Cl2NO. The number of hydrogen-bond acceptors (Lipinski definition) is 2. The molecule has 1 aromatic carbocycles. The summed E-state index contributed by atoms with van der Waals surface area (Å²) < 4.78 is 5.30. The lowest BCUT2D eigenvalue weighted by molar-refractivity contribution is 0.407. The van der Waals surface area contributed by atoms with Crippen molar-refractivity contribution < 1.29 is 4.74 Å². The third-order valence-electron chi connectivity index (χ3n) is 2.42. The third-order valence-corrected chi connectivity index (χ3v) is 3.44. The summed E-state index contributed by atoms with van der Waals surface area (Å²) in [5.74, 6) is 0.767. The Morgan fingerprint density at radius 3 is 2.47 bits per heavy atom. The average Bonchev–Trinajstić information content (AvgIpc) is 2.24. The molecule has 0 spiro atoms. The molecule has 0 heterocycles. The highest BCUT2D eigenvalue weighted by Crippen LogP contribution is 2.36. The summed E-state index contributed by atoms with van der Waals surface area (Å²) in [7, 11) is 3.43. The standard InChI is InChI=1S/C11H15Cl2NO/c1-6-5-8(15-4)9(11(13)14-3)7(2)10(6)12/h5,11,14H,1-4H3. The van der Waals surface area contributed by atoms with E-state index in [4.69, 9.17) is 27.9 Å². The zero-order valence-electron chi connectivity index (χ0n) is 9.32. The molecule has 0 saturated heterocycles. The van der Waals surface area contributed by atoms with Gasteiger partial charge in [-0.2, -0.15) is 0 Å². The first-order chi connectivity index (χ1) is 7.02. The Kier molecular flexibility index (Phi) is 4.26. The van der Waals surface area contributed by atoms with Crippen LogP contribution in [0.2, 0.25) is 5.02 Å². The molecule has 0 aliphatic carbocycles. The van der Waals surface area contributed by atoms with Crippen LogP contribution in [0, 0.1) is 13.8 Å². The number of benzene rings is 1. The second-order valence-electron chi connectivity index (χ2n) is 3.40. The van der Waals surface area contributed by atoms with Crippen molar-refractivity contribution >= 4 is 23.2 Å². The largest absolute Gasteiger partial charge is 0.496 e. The van der Waals surface area contributed by atoms with Crippen LogP contribution in [0.5, 0.6) is 5.75 Å². The number of aryl methyl sites for hydroxylation is 1. The predicted molar refractivity (Wildman–Crippen MR) is 65.1 cm³/mol. The highest BCUT2D eigenvalue weighted by Gasteiger charge is 2.18. The summed E-state index contributed by atoms with van der Waals surface area (Å²) in [6, 6.07) is 1.90. The lowest BCUT2D eigenvalue weighted by Gasteiger charge is -2.18. The summed E-state index contributed by atoms with van der Waals surface area (Å²) in [4.78, 5) is 0. The van der Waals surface area contributed by atoms with Crippen LogP contribution in [0.3, 0.4) is 0 Å². The van der Waals surface area contributed by atoms with Crippen LogP contribution in [-0.2, 0) is 0 Å². The molecule has 0 amide bonds. The molecule has 0 radical (unpaired) electrons. The van der Waals surface area contributed by atoms with E-state index in [0.29, 0.717) is 0 Å². The van der Waals surface area contributed by atoms with Crippen LogP contribution < -0.4 is 10.1 Å². The lowest BCUT2D eigenvalue weighted by atomic mass is 10.0. The fraction of sp³-hybridized carbons (Fsp3) is 0.455. The van der Waals surface area contributed by atoms with Crippen molar-refractivity contribution in [2.75, 3.05) is 14.2 Å². The average molecular weight is 248 g/mol. The van der Waals surface area contributed by atoms with E-state index in [-0.39, 0.29) is 5.50 Å². The normalized spacial score (nSPS) is 12.7. The Hall–Kier alpha value is -0.440. The minimum atomic E-state index is -0.293. The molecule has 0 aliphatic heterocycles. The van der Waals surface area contributed by atoms with Gasteiger partial charge in [0.05, 0.1) is 7.11 Å². The molecular weight excluding hydrogens is 233 g/mol. The highest BCUT2D eigenvalue weighted by atomic mass is 35.5. The fourth-order valence-corrected chi connectivity index (χ4v) is 1.99. The van der Waals surface area contributed by atoms with Crippen molar-refractivity contribution in [3.63, 3.8) is 0 Å². The zero-order chi connectivity index (χ0) is 11.6. The minimum absolute atomic E-state index is 0.293. The Morgan fingerprint density at radius 1 is 1.40 bits per heavy atom. The van der Waals surface area contributed by atoms with Gasteiger partial charge in [0.1, 0.15) is 11.3 Å². The van der Waals surface area contributed by atoms with Gasteiger partial charge in [-0.3, -0.25) is 0 Å². The van der Waals surface area contributed by atoms with Crippen molar-refractivity contribution in [2.45, 2.75) is 19.3 Å². The Bertz CT molecular complexity index is 366. The number of ether oxygens (including phenoxy) is 1. The highest BCUT2D eigenvalue weighted by molar-refractivity contribution is 6.32.